The molecule has 0 amide bonds. The van der Waals surface area contributed by atoms with Crippen LogP contribution in [0.15, 0.2) is 27.3 Å². The van der Waals surface area contributed by atoms with Crippen molar-refractivity contribution < 1.29 is 0 Å². The van der Waals surface area contributed by atoms with Crippen LogP contribution in [0.4, 0.5) is 0 Å². The van der Waals surface area contributed by atoms with Gasteiger partial charge in [-0.3, -0.25) is 15.0 Å². The summed E-state index contributed by atoms with van der Waals surface area (Å²) >= 11 is 0. The highest BCUT2D eigenvalue weighted by atomic mass is 15.2. The van der Waals surface area contributed by atoms with Gasteiger partial charge in [0.2, 0.25) is 0 Å². The van der Waals surface area contributed by atoms with Crippen LogP contribution in [-0.2, 0) is 0 Å². The highest BCUT2D eigenvalue weighted by molar-refractivity contribution is 5.62. The number of hydrogen-bond donors (Lipinski definition) is 3. The number of nitrogens with zero attached hydrogens (tertiary/aromatic N) is 5. The smallest absolute Gasteiger partial charge is 0.0825 e. The van der Waals surface area contributed by atoms with Gasteiger partial charge in [-0.25, -0.2) is 0 Å². The van der Waals surface area contributed by atoms with Crippen LogP contribution >= 0.6 is 0 Å². The lowest BCUT2D eigenvalue weighted by Gasteiger charge is -2.28. The van der Waals surface area contributed by atoms with Gasteiger partial charge in [0.05, 0.1) is 25.8 Å². The third kappa shape index (κ3) is 41.0. The zero-order chi connectivity index (χ0) is 25.4. The lowest BCUT2D eigenvalue weighted by Crippen LogP contribution is -2.42. The summed E-state index contributed by atoms with van der Waals surface area (Å²) in [6, 6.07) is 0. The number of likely N-dealkylation sites (N-methyl/N-ethyl adjacent to an activating group) is 2. The molecule has 4 aliphatic heterocycles. The van der Waals surface area contributed by atoms with Crippen LogP contribution in [-0.4, -0.2) is 109 Å². The number of nitrogens with one attached hydrogen (secondary N) is 3. The van der Waals surface area contributed by atoms with Crippen LogP contribution in [0.3, 0.4) is 0 Å². The fourth-order valence-corrected chi connectivity index (χ4v) is 1.86. The van der Waals surface area contributed by atoms with Gasteiger partial charge in [-0.2, -0.15) is 0 Å². The molecule has 0 spiro atoms. The number of rotatable bonds is 1. The molecule has 0 atom stereocenters. The number of piperazine rings is 1. The summed E-state index contributed by atoms with van der Waals surface area (Å²) in [5.41, 5.74) is 0. The Kier molecular flexibility index (Phi) is 37.8. The van der Waals surface area contributed by atoms with Gasteiger partial charge in [0.15, 0.2) is 0 Å². The second-order valence-corrected chi connectivity index (χ2v) is 7.66. The van der Waals surface area contributed by atoms with E-state index in [1.54, 1.807) is 18.9 Å². The molecule has 33 heavy (non-hydrogen) atoms. The predicted molar refractivity (Wildman–Crippen MR) is 151 cm³/mol. The normalized spacial score (nSPS) is 16.8. The van der Waals surface area contributed by atoms with E-state index in [1.807, 2.05) is 19.3 Å². The summed E-state index contributed by atoms with van der Waals surface area (Å²) in [4.78, 5) is 16.2. The molecule has 8 nitrogen and oxygen atoms in total. The van der Waals surface area contributed by atoms with Gasteiger partial charge in [-0.1, -0.05) is 53.5 Å². The minimum absolute atomic E-state index is 0.958. The lowest BCUT2D eigenvalue weighted by molar-refractivity contribution is 0.181. The van der Waals surface area contributed by atoms with E-state index in [0.717, 1.165) is 39.1 Å². The minimum Gasteiger partial charge on any atom is -0.375 e. The van der Waals surface area contributed by atoms with Crippen molar-refractivity contribution in [1.29, 1.82) is 0 Å². The first-order valence-corrected chi connectivity index (χ1v) is 12.6. The van der Waals surface area contributed by atoms with Gasteiger partial charge < -0.3 is 25.8 Å². The van der Waals surface area contributed by atoms with Crippen molar-refractivity contribution in [3.05, 3.63) is 12.3 Å². The van der Waals surface area contributed by atoms with Crippen molar-refractivity contribution in [2.45, 2.75) is 53.9 Å². The van der Waals surface area contributed by atoms with Gasteiger partial charge >= 0.3 is 0 Å². The van der Waals surface area contributed by atoms with Crippen LogP contribution in [0.5, 0.6) is 0 Å². The maximum Gasteiger partial charge on any atom is 0.0825 e. The second-order valence-electron chi connectivity index (χ2n) is 7.66. The first-order valence-electron chi connectivity index (χ1n) is 12.6. The maximum absolute atomic E-state index is 3.85. The van der Waals surface area contributed by atoms with Crippen LogP contribution in [0.2, 0.25) is 0 Å². The monoisotopic (exact) mass is 468 g/mol. The molecule has 0 radical (unpaired) electrons. The molecule has 0 aliphatic carbocycles. The molecular weight excluding hydrogens is 412 g/mol. The molecule has 0 aromatic heterocycles. The molecule has 0 saturated carbocycles. The second kappa shape index (κ2) is 34.8. The summed E-state index contributed by atoms with van der Waals surface area (Å²) in [5, 5.41) is 8.79. The third-order valence-electron chi connectivity index (χ3n) is 3.75. The quantitative estimate of drug-likeness (QED) is 0.551. The first-order chi connectivity index (χ1) is 16.0. The molecular formula is C25H56N8. The molecule has 0 unspecified atom stereocenters. The summed E-state index contributed by atoms with van der Waals surface area (Å²) in [5.74, 6) is 0. The maximum atomic E-state index is 3.85. The van der Waals surface area contributed by atoms with Crippen molar-refractivity contribution in [3.63, 3.8) is 0 Å². The Bertz CT molecular complexity index is 390. The summed E-state index contributed by atoms with van der Waals surface area (Å²) in [6.07, 6.45) is 12.7. The van der Waals surface area contributed by atoms with Crippen molar-refractivity contribution in [3.8, 4) is 0 Å². The van der Waals surface area contributed by atoms with E-state index in [1.165, 1.54) is 39.0 Å². The van der Waals surface area contributed by atoms with E-state index in [9.17, 15) is 0 Å². The molecule has 3 N–H and O–H groups in total. The molecule has 1 fully saturated rings. The Morgan fingerprint density at radius 1 is 0.788 bits per heavy atom. The molecule has 0 bridgehead atoms. The van der Waals surface area contributed by atoms with E-state index in [0.29, 0.717) is 0 Å². The molecule has 196 valence electrons. The molecule has 0 aromatic rings. The molecule has 4 rings (SSSR count). The standard InChI is InChI=1S/C6H14N2.C4H5N.2C3H6N2.C3H9N.2C3H8/c1-7-3-5-8(2)6-4-7;1-2-4-5-3-1;2*1-2-5-3-4-1;1-3-4-2;2*1-3-2/h3-6H2,1-2H3;1,3-4H,2H2;2*3H,1-2H2,(H,4,5);4H,3H2,1-2H3;2*3H2,1-2H3. The average molecular weight is 469 g/mol. The lowest BCUT2D eigenvalue weighted by atomic mass is 10.4. The largest absolute Gasteiger partial charge is 0.375 e. The fraction of sp³-hybridized carbons (Fsp3) is 0.800. The van der Waals surface area contributed by atoms with Crippen molar-refractivity contribution in [2.24, 2.45) is 15.0 Å². The van der Waals surface area contributed by atoms with Crippen LogP contribution < -0.4 is 16.0 Å². The summed E-state index contributed by atoms with van der Waals surface area (Å²) in [6.45, 7) is 20.5. The van der Waals surface area contributed by atoms with Crippen LogP contribution in [0, 0.1) is 0 Å². The van der Waals surface area contributed by atoms with Gasteiger partial charge in [0.1, 0.15) is 0 Å². The van der Waals surface area contributed by atoms with E-state index in [4.69, 9.17) is 0 Å². The zero-order valence-electron chi connectivity index (χ0n) is 23.1. The summed E-state index contributed by atoms with van der Waals surface area (Å²) in [7, 11) is 6.28. The topological polar surface area (TPSA) is 79.6 Å². The van der Waals surface area contributed by atoms with Gasteiger partial charge in [0, 0.05) is 58.1 Å². The Morgan fingerprint density at radius 2 is 1.18 bits per heavy atom. The van der Waals surface area contributed by atoms with Crippen LogP contribution in [0.25, 0.3) is 0 Å². The fourth-order valence-electron chi connectivity index (χ4n) is 1.86. The van der Waals surface area contributed by atoms with Crippen molar-refractivity contribution >= 4 is 18.9 Å². The molecule has 8 heteroatoms. The Labute approximate surface area is 206 Å². The van der Waals surface area contributed by atoms with Crippen LogP contribution in [0.1, 0.15) is 53.9 Å². The summed E-state index contributed by atoms with van der Waals surface area (Å²) < 4.78 is 0. The number of allylic oxidation sites excluding steroid dienone is 1. The third-order valence-corrected chi connectivity index (χ3v) is 3.75. The minimum atomic E-state index is 0.958. The molecule has 4 heterocycles. The van der Waals surface area contributed by atoms with Gasteiger partial charge in [-0.15, -0.1) is 0 Å². The van der Waals surface area contributed by atoms with E-state index in [-0.39, 0.29) is 0 Å². The average Bonchev–Trinajstić information content (AvgIpc) is 3.64. The van der Waals surface area contributed by atoms with E-state index >= 15 is 0 Å². The zero-order valence-corrected chi connectivity index (χ0v) is 23.1. The van der Waals surface area contributed by atoms with E-state index < -0.39 is 0 Å². The molecule has 0 aromatic carbocycles. The van der Waals surface area contributed by atoms with Gasteiger partial charge in [0.25, 0.3) is 0 Å². The molecule has 1 saturated heterocycles. The molecule has 4 aliphatic rings. The van der Waals surface area contributed by atoms with Gasteiger partial charge in [-0.05, 0) is 27.7 Å². The highest BCUT2D eigenvalue weighted by Gasteiger charge is 2.07. The Morgan fingerprint density at radius 3 is 1.30 bits per heavy atom. The number of aliphatic imine (C=N–C) groups is 3. The first kappa shape index (κ1) is 35.8. The Balaban J connectivity index is -0.000000328. The Hall–Kier alpha value is -1.77. The van der Waals surface area contributed by atoms with Crippen molar-refractivity contribution in [2.75, 3.05) is 80.0 Å². The predicted octanol–water partition coefficient (Wildman–Crippen LogP) is 3.13. The SMILES string of the molecule is C1=CN=CC1.C1=NCCN1.C1=NCCN1.CCC.CCC.CCNC.CN1CCN(C)CC1. The number of hydrogen-bond acceptors (Lipinski definition) is 8. The van der Waals surface area contributed by atoms with Crippen molar-refractivity contribution in [1.82, 2.24) is 25.8 Å². The van der Waals surface area contributed by atoms with E-state index in [2.05, 4.69) is 89.4 Å². The highest BCUT2D eigenvalue weighted by Crippen LogP contribution is 1.93.